The number of carbonyl (C=O) groups is 2. The summed E-state index contributed by atoms with van der Waals surface area (Å²) in [5.74, 6) is 2.09. The van der Waals surface area contributed by atoms with Crippen molar-refractivity contribution in [1.29, 1.82) is 0 Å². The topological polar surface area (TPSA) is 46.2 Å². The third-order valence-corrected chi connectivity index (χ3v) is 7.72. The largest absolute Gasteiger partial charge is 0.348 e. The van der Waals surface area contributed by atoms with E-state index in [4.69, 9.17) is 0 Å². The van der Waals surface area contributed by atoms with Crippen molar-refractivity contribution in [2.45, 2.75) is 64.8 Å². The van der Waals surface area contributed by atoms with Crippen LogP contribution < -0.4 is 5.32 Å². The van der Waals surface area contributed by atoms with Crippen LogP contribution in [0.1, 0.15) is 58.8 Å². The van der Waals surface area contributed by atoms with E-state index < -0.39 is 0 Å². The Bertz CT molecular complexity index is 554. The predicted molar refractivity (Wildman–Crippen MR) is 85.1 cm³/mol. The Kier molecular flexibility index (Phi) is 3.08. The molecule has 0 bridgehead atoms. The molecule has 3 heteroatoms. The third kappa shape index (κ3) is 1.80. The van der Waals surface area contributed by atoms with Crippen LogP contribution in [-0.4, -0.2) is 18.2 Å². The molecule has 3 aliphatic carbocycles. The van der Waals surface area contributed by atoms with Crippen LogP contribution in [0.25, 0.3) is 0 Å². The molecule has 0 aromatic rings. The average Bonchev–Trinajstić information content (AvgIpc) is 2.89. The maximum absolute atomic E-state index is 12.0. The summed E-state index contributed by atoms with van der Waals surface area (Å²) in [6, 6.07) is 0.218. The lowest BCUT2D eigenvalue weighted by Gasteiger charge is -2.58. The number of amides is 1. The van der Waals surface area contributed by atoms with Crippen LogP contribution in [-0.2, 0) is 9.59 Å². The second-order valence-electron chi connectivity index (χ2n) is 8.65. The summed E-state index contributed by atoms with van der Waals surface area (Å²) in [7, 11) is 0. The van der Waals surface area contributed by atoms with Gasteiger partial charge in [-0.15, -0.1) is 0 Å². The summed E-state index contributed by atoms with van der Waals surface area (Å²) < 4.78 is 0. The first-order valence-corrected chi connectivity index (χ1v) is 8.97. The van der Waals surface area contributed by atoms with Gasteiger partial charge in [0.15, 0.2) is 6.29 Å². The van der Waals surface area contributed by atoms with Crippen molar-refractivity contribution in [3.63, 3.8) is 0 Å². The molecule has 6 atom stereocenters. The highest BCUT2D eigenvalue weighted by atomic mass is 16.2. The summed E-state index contributed by atoms with van der Waals surface area (Å²) in [6.45, 7) is 4.79. The van der Waals surface area contributed by atoms with Gasteiger partial charge in [0.25, 0.3) is 5.91 Å². The van der Waals surface area contributed by atoms with Crippen molar-refractivity contribution in [3.8, 4) is 0 Å². The molecule has 1 heterocycles. The van der Waals surface area contributed by atoms with E-state index in [0.717, 1.165) is 24.5 Å². The first-order valence-electron chi connectivity index (χ1n) is 8.97. The summed E-state index contributed by atoms with van der Waals surface area (Å²) in [6.07, 6.45) is 11.8. The molecule has 1 amide bonds. The zero-order valence-corrected chi connectivity index (χ0v) is 13.7. The molecule has 0 saturated heterocycles. The monoisotopic (exact) mass is 301 g/mol. The number of hydrogen-bond donors (Lipinski definition) is 1. The summed E-state index contributed by atoms with van der Waals surface area (Å²) >= 11 is 0. The number of aldehydes is 1. The molecule has 22 heavy (non-hydrogen) atoms. The summed E-state index contributed by atoms with van der Waals surface area (Å²) in [4.78, 5) is 23.3. The van der Waals surface area contributed by atoms with Gasteiger partial charge < -0.3 is 5.32 Å². The smallest absolute Gasteiger partial charge is 0.254 e. The standard InChI is InChI=1S/C19H27NO2/c1-18-8-3-4-14(18)13-5-6-16-19(2,15(13)7-9-18)10-12(11-21)17(22)20-16/h10-11,13-16H,3-9H2,1-2H3,(H,20,22)/t13-,14-,15+,16?,18-,19+/m0/s1. The van der Waals surface area contributed by atoms with Gasteiger partial charge in [-0.1, -0.05) is 26.3 Å². The lowest BCUT2D eigenvalue weighted by molar-refractivity contribution is -0.124. The van der Waals surface area contributed by atoms with E-state index in [-0.39, 0.29) is 17.4 Å². The molecule has 4 rings (SSSR count). The van der Waals surface area contributed by atoms with Gasteiger partial charge in [-0.25, -0.2) is 0 Å². The van der Waals surface area contributed by atoms with Crippen molar-refractivity contribution in [2.24, 2.45) is 28.6 Å². The van der Waals surface area contributed by atoms with E-state index in [2.05, 4.69) is 19.2 Å². The first kappa shape index (κ1) is 14.5. The van der Waals surface area contributed by atoms with Crippen LogP contribution in [0.15, 0.2) is 11.6 Å². The van der Waals surface area contributed by atoms with E-state index in [0.29, 0.717) is 16.9 Å². The fourth-order valence-electron chi connectivity index (χ4n) is 6.55. The van der Waals surface area contributed by atoms with Crippen molar-refractivity contribution >= 4 is 12.2 Å². The zero-order valence-electron chi connectivity index (χ0n) is 13.7. The summed E-state index contributed by atoms with van der Waals surface area (Å²) in [5, 5.41) is 3.12. The Morgan fingerprint density at radius 1 is 1.14 bits per heavy atom. The van der Waals surface area contributed by atoms with Gasteiger partial charge >= 0.3 is 0 Å². The Hall–Kier alpha value is -1.12. The molecule has 1 unspecified atom stereocenters. The zero-order chi connectivity index (χ0) is 15.5. The fourth-order valence-corrected chi connectivity index (χ4v) is 6.55. The van der Waals surface area contributed by atoms with Crippen molar-refractivity contribution in [3.05, 3.63) is 11.6 Å². The molecular weight excluding hydrogens is 274 g/mol. The minimum Gasteiger partial charge on any atom is -0.348 e. The van der Waals surface area contributed by atoms with Crippen LogP contribution in [0.3, 0.4) is 0 Å². The quantitative estimate of drug-likeness (QED) is 0.597. The highest BCUT2D eigenvalue weighted by Crippen LogP contribution is 2.63. The molecule has 0 radical (unpaired) electrons. The summed E-state index contributed by atoms with van der Waals surface area (Å²) in [5.41, 5.74) is 0.871. The molecule has 0 aromatic carbocycles. The second-order valence-corrected chi connectivity index (χ2v) is 8.65. The Morgan fingerprint density at radius 2 is 1.95 bits per heavy atom. The van der Waals surface area contributed by atoms with Crippen molar-refractivity contribution in [2.75, 3.05) is 0 Å². The van der Waals surface area contributed by atoms with Gasteiger partial charge in [-0.2, -0.15) is 0 Å². The van der Waals surface area contributed by atoms with Crippen molar-refractivity contribution < 1.29 is 9.59 Å². The third-order valence-electron chi connectivity index (χ3n) is 7.72. The molecule has 4 aliphatic rings. The molecule has 120 valence electrons. The number of carbonyl (C=O) groups excluding carboxylic acids is 2. The molecule has 3 saturated carbocycles. The van der Waals surface area contributed by atoms with Crippen LogP contribution in [0.4, 0.5) is 0 Å². The molecule has 0 spiro atoms. The van der Waals surface area contributed by atoms with Crippen LogP contribution in [0.5, 0.6) is 0 Å². The van der Waals surface area contributed by atoms with Crippen molar-refractivity contribution in [1.82, 2.24) is 5.32 Å². The Morgan fingerprint density at radius 3 is 2.73 bits per heavy atom. The van der Waals surface area contributed by atoms with E-state index in [9.17, 15) is 9.59 Å². The maximum atomic E-state index is 12.0. The Labute approximate surface area is 132 Å². The number of hydrogen-bond acceptors (Lipinski definition) is 2. The van der Waals surface area contributed by atoms with Crippen LogP contribution in [0.2, 0.25) is 0 Å². The lowest BCUT2D eigenvalue weighted by Crippen LogP contribution is -2.59. The van der Waals surface area contributed by atoms with E-state index in [1.165, 1.54) is 38.5 Å². The molecule has 1 aliphatic heterocycles. The van der Waals surface area contributed by atoms with Gasteiger partial charge in [-0.3, -0.25) is 9.59 Å². The highest BCUT2D eigenvalue weighted by Gasteiger charge is 2.57. The molecule has 3 fully saturated rings. The van der Waals surface area contributed by atoms with Gasteiger partial charge in [0.05, 0.1) is 5.57 Å². The van der Waals surface area contributed by atoms with Gasteiger partial charge in [-0.05, 0) is 61.7 Å². The van der Waals surface area contributed by atoms with Crippen LogP contribution in [0, 0.1) is 28.6 Å². The highest BCUT2D eigenvalue weighted by molar-refractivity contribution is 6.11. The predicted octanol–water partition coefficient (Wildman–Crippen LogP) is 3.24. The maximum Gasteiger partial charge on any atom is 0.254 e. The second kappa shape index (κ2) is 4.69. The fraction of sp³-hybridized carbons (Fsp3) is 0.789. The number of nitrogens with one attached hydrogen (secondary N) is 1. The first-order chi connectivity index (χ1) is 10.5. The van der Waals surface area contributed by atoms with E-state index in [1.54, 1.807) is 0 Å². The molecule has 0 aromatic heterocycles. The minimum atomic E-state index is -0.169. The van der Waals surface area contributed by atoms with Gasteiger partial charge in [0.2, 0.25) is 0 Å². The average molecular weight is 301 g/mol. The van der Waals surface area contributed by atoms with Gasteiger partial charge in [0.1, 0.15) is 0 Å². The normalized spacial score (nSPS) is 50.3. The molecular formula is C19H27NO2. The lowest BCUT2D eigenvalue weighted by atomic mass is 9.48. The SMILES string of the molecule is C[C@@]12CCC[C@H]1[C@@H]1CCC3NC(=O)C(C=O)=C[C@]3(C)[C@@H]1CC2. The Balaban J connectivity index is 1.72. The minimum absolute atomic E-state index is 0.0308. The van der Waals surface area contributed by atoms with Gasteiger partial charge in [0, 0.05) is 11.5 Å². The number of rotatable bonds is 1. The number of fused-ring (bicyclic) bond motifs is 5. The van der Waals surface area contributed by atoms with E-state index >= 15 is 0 Å². The molecule has 3 nitrogen and oxygen atoms in total. The van der Waals surface area contributed by atoms with E-state index in [1.807, 2.05) is 6.08 Å². The molecule has 1 N–H and O–H groups in total. The van der Waals surface area contributed by atoms with Crippen LogP contribution >= 0.6 is 0 Å².